The van der Waals surface area contributed by atoms with Crippen molar-refractivity contribution in [2.75, 3.05) is 6.61 Å². The Labute approximate surface area is 181 Å². The summed E-state index contributed by atoms with van der Waals surface area (Å²) in [6.45, 7) is 10.4. The fourth-order valence-corrected chi connectivity index (χ4v) is 5.77. The molecule has 1 aromatic rings. The molecule has 0 spiro atoms. The van der Waals surface area contributed by atoms with Crippen LogP contribution in [-0.2, 0) is 20.7 Å². The summed E-state index contributed by atoms with van der Waals surface area (Å²) < 4.78 is 11.4. The molecule has 4 atom stereocenters. The first-order valence-electron chi connectivity index (χ1n) is 11.2. The minimum Gasteiger partial charge on any atom is -0.489 e. The van der Waals surface area contributed by atoms with Gasteiger partial charge in [-0.15, -0.1) is 0 Å². The largest absolute Gasteiger partial charge is 0.489 e. The lowest BCUT2D eigenvalue weighted by molar-refractivity contribution is -0.143. The summed E-state index contributed by atoms with van der Waals surface area (Å²) in [5.74, 6) is 0.989. The van der Waals surface area contributed by atoms with Gasteiger partial charge in [0, 0.05) is 23.8 Å². The summed E-state index contributed by atoms with van der Waals surface area (Å²) in [5, 5.41) is -0.157. The Bertz CT molecular complexity index is 782. The van der Waals surface area contributed by atoms with Crippen molar-refractivity contribution < 1.29 is 23.9 Å². The highest BCUT2D eigenvalue weighted by Crippen LogP contribution is 2.56. The number of fused-ring (bicyclic) bond motifs is 3. The van der Waals surface area contributed by atoms with E-state index in [1.54, 1.807) is 0 Å². The second kappa shape index (κ2) is 8.83. The van der Waals surface area contributed by atoms with E-state index in [9.17, 15) is 14.4 Å². The Morgan fingerprint density at radius 1 is 1.37 bits per heavy atom. The summed E-state index contributed by atoms with van der Waals surface area (Å²) in [4.78, 5) is 34.5. The van der Waals surface area contributed by atoms with Crippen LogP contribution in [0.4, 0.5) is 0 Å². The van der Waals surface area contributed by atoms with Crippen molar-refractivity contribution in [2.24, 2.45) is 11.8 Å². The SMILES string of the molecule is CCOC(=O)CCCc1cccc2c1O[C@H]1C[C@@H](CC(C)(C)[Si](C)(C)O)[C@H](C=O)[C@@H]21. The molecule has 1 aliphatic carbocycles. The van der Waals surface area contributed by atoms with Crippen LogP contribution in [0.2, 0.25) is 18.1 Å². The monoisotopic (exact) mass is 432 g/mol. The zero-order valence-electron chi connectivity index (χ0n) is 18.9. The summed E-state index contributed by atoms with van der Waals surface area (Å²) in [6.07, 6.45) is 4.70. The molecular formula is C24H36O5Si. The standard InChI is InChI=1S/C24H36O5Si/c1-6-28-21(26)12-8-10-16-9-7-11-18-22-19(15-25)17(13-20(22)29-23(16)18)14-24(2,3)30(4,5)27/h7,9,11,15,17,19-20,22,27H,6,8,10,12-14H2,1-5H3/t17-,19-,20-,22+/m0/s1. The normalized spacial score (nSPS) is 25.4. The molecule has 1 saturated carbocycles. The smallest absolute Gasteiger partial charge is 0.305 e. The zero-order chi connectivity index (χ0) is 22.1. The van der Waals surface area contributed by atoms with Gasteiger partial charge in [-0.2, -0.15) is 0 Å². The van der Waals surface area contributed by atoms with E-state index in [4.69, 9.17) is 9.47 Å². The maximum absolute atomic E-state index is 12.1. The van der Waals surface area contributed by atoms with Crippen LogP contribution in [-0.4, -0.2) is 38.1 Å². The molecule has 0 unspecified atom stereocenters. The number of esters is 1. The molecule has 1 aliphatic heterocycles. The molecule has 5 nitrogen and oxygen atoms in total. The van der Waals surface area contributed by atoms with Crippen molar-refractivity contribution in [1.29, 1.82) is 0 Å². The van der Waals surface area contributed by atoms with Gasteiger partial charge in [-0.1, -0.05) is 32.0 Å². The first-order valence-corrected chi connectivity index (χ1v) is 14.2. The van der Waals surface area contributed by atoms with Crippen molar-refractivity contribution in [1.82, 2.24) is 0 Å². The summed E-state index contributed by atoms with van der Waals surface area (Å²) in [5.41, 5.74) is 2.24. The number of ether oxygens (including phenoxy) is 2. The lowest BCUT2D eigenvalue weighted by Crippen LogP contribution is -2.40. The molecule has 1 heterocycles. The molecule has 0 radical (unpaired) electrons. The van der Waals surface area contributed by atoms with Crippen LogP contribution in [0.15, 0.2) is 18.2 Å². The van der Waals surface area contributed by atoms with Gasteiger partial charge in [0.2, 0.25) is 0 Å². The van der Waals surface area contributed by atoms with Crippen LogP contribution in [0.1, 0.15) is 63.5 Å². The maximum atomic E-state index is 12.1. The number of carbonyl (C=O) groups excluding carboxylic acids is 2. The van der Waals surface area contributed by atoms with E-state index in [-0.39, 0.29) is 34.9 Å². The van der Waals surface area contributed by atoms with Gasteiger partial charge in [0.15, 0.2) is 8.32 Å². The van der Waals surface area contributed by atoms with Crippen LogP contribution < -0.4 is 4.74 Å². The highest BCUT2D eigenvalue weighted by Gasteiger charge is 2.52. The van der Waals surface area contributed by atoms with Gasteiger partial charge in [0.25, 0.3) is 0 Å². The van der Waals surface area contributed by atoms with Gasteiger partial charge in [-0.25, -0.2) is 0 Å². The number of benzene rings is 1. The number of aryl methyl sites for hydroxylation is 1. The topological polar surface area (TPSA) is 72.8 Å². The molecule has 1 N–H and O–H groups in total. The van der Waals surface area contributed by atoms with Crippen molar-refractivity contribution in [2.45, 2.75) is 83.0 Å². The Morgan fingerprint density at radius 2 is 2.10 bits per heavy atom. The zero-order valence-corrected chi connectivity index (χ0v) is 19.9. The number of hydrogen-bond donors (Lipinski definition) is 1. The Kier molecular flexibility index (Phi) is 6.77. The number of para-hydroxylation sites is 1. The molecule has 1 aromatic carbocycles. The van der Waals surface area contributed by atoms with Crippen LogP contribution in [0.25, 0.3) is 0 Å². The highest BCUT2D eigenvalue weighted by atomic mass is 28.4. The molecule has 30 heavy (non-hydrogen) atoms. The van der Waals surface area contributed by atoms with E-state index in [0.29, 0.717) is 13.0 Å². The predicted octanol–water partition coefficient (Wildman–Crippen LogP) is 4.62. The lowest BCUT2D eigenvalue weighted by Gasteiger charge is -2.38. The Hall–Kier alpha value is -1.66. The maximum Gasteiger partial charge on any atom is 0.305 e. The minimum absolute atomic E-state index is 0.0191. The third kappa shape index (κ3) is 4.49. The summed E-state index contributed by atoms with van der Waals surface area (Å²) >= 11 is 0. The number of hydrogen-bond acceptors (Lipinski definition) is 5. The minimum atomic E-state index is -2.34. The molecule has 0 amide bonds. The predicted molar refractivity (Wildman–Crippen MR) is 119 cm³/mol. The molecule has 6 heteroatoms. The first kappa shape index (κ1) is 23.0. The molecule has 0 bridgehead atoms. The summed E-state index contributed by atoms with van der Waals surface area (Å²) in [7, 11) is -2.34. The van der Waals surface area contributed by atoms with Crippen LogP contribution in [0.3, 0.4) is 0 Å². The number of aldehydes is 1. The molecule has 0 saturated heterocycles. The number of rotatable bonds is 9. The first-order chi connectivity index (χ1) is 14.1. The highest BCUT2D eigenvalue weighted by molar-refractivity contribution is 6.72. The molecule has 1 fully saturated rings. The molecular weight excluding hydrogens is 396 g/mol. The van der Waals surface area contributed by atoms with E-state index in [1.807, 2.05) is 26.1 Å². The summed E-state index contributed by atoms with van der Waals surface area (Å²) in [6, 6.07) is 6.18. The van der Waals surface area contributed by atoms with Crippen LogP contribution >= 0.6 is 0 Å². The third-order valence-corrected chi connectivity index (χ3v) is 10.9. The van der Waals surface area contributed by atoms with Crippen molar-refractivity contribution >= 4 is 20.6 Å². The Balaban J connectivity index is 1.74. The van der Waals surface area contributed by atoms with E-state index >= 15 is 0 Å². The number of carbonyl (C=O) groups is 2. The van der Waals surface area contributed by atoms with E-state index in [0.717, 1.165) is 48.8 Å². The average molecular weight is 433 g/mol. The van der Waals surface area contributed by atoms with E-state index < -0.39 is 8.32 Å². The average Bonchev–Trinajstić information content (AvgIpc) is 3.16. The fraction of sp³-hybridized carbons (Fsp3) is 0.667. The van der Waals surface area contributed by atoms with Gasteiger partial charge in [-0.3, -0.25) is 4.79 Å². The van der Waals surface area contributed by atoms with Gasteiger partial charge in [-0.05, 0) is 62.2 Å². The van der Waals surface area contributed by atoms with Crippen molar-refractivity contribution in [3.8, 4) is 5.75 Å². The fourth-order valence-electron chi connectivity index (χ4n) is 5.01. The van der Waals surface area contributed by atoms with E-state index in [1.165, 1.54) is 0 Å². The second-order valence-corrected chi connectivity index (χ2v) is 14.5. The van der Waals surface area contributed by atoms with Gasteiger partial charge < -0.3 is 19.1 Å². The lowest BCUT2D eigenvalue weighted by atomic mass is 9.82. The molecule has 3 rings (SSSR count). The van der Waals surface area contributed by atoms with Gasteiger partial charge in [0.1, 0.15) is 18.1 Å². The van der Waals surface area contributed by atoms with Crippen LogP contribution in [0.5, 0.6) is 5.75 Å². The molecule has 0 aromatic heterocycles. The quantitative estimate of drug-likeness (QED) is 0.350. The molecule has 166 valence electrons. The second-order valence-electron chi connectivity index (χ2n) is 10.0. The van der Waals surface area contributed by atoms with Crippen LogP contribution in [0, 0.1) is 11.8 Å². The Morgan fingerprint density at radius 3 is 2.73 bits per heavy atom. The van der Waals surface area contributed by atoms with Crippen molar-refractivity contribution in [3.05, 3.63) is 29.3 Å². The molecule has 2 aliphatic rings. The van der Waals surface area contributed by atoms with Crippen molar-refractivity contribution in [3.63, 3.8) is 0 Å². The van der Waals surface area contributed by atoms with Gasteiger partial charge in [0.05, 0.1) is 6.61 Å². The van der Waals surface area contributed by atoms with E-state index in [2.05, 4.69) is 26.0 Å². The van der Waals surface area contributed by atoms with Gasteiger partial charge >= 0.3 is 5.97 Å². The third-order valence-electron chi connectivity index (χ3n) is 7.37.